The van der Waals surface area contributed by atoms with Crippen molar-refractivity contribution in [1.82, 2.24) is 19.6 Å². The van der Waals surface area contributed by atoms with Gasteiger partial charge in [-0.1, -0.05) is 12.6 Å². The highest BCUT2D eigenvalue weighted by Gasteiger charge is 2.37. The monoisotopic (exact) mass is 550 g/mol. The minimum absolute atomic E-state index is 0.0644. The number of hydrogen-bond donors (Lipinski definition) is 1. The molecule has 0 spiro atoms. The number of nitrogens with zero attached hydrogens (tertiary/aromatic N) is 5. The van der Waals surface area contributed by atoms with Crippen LogP contribution in [-0.4, -0.2) is 57.1 Å². The van der Waals surface area contributed by atoms with Gasteiger partial charge >= 0.3 is 0 Å². The Morgan fingerprint density at radius 3 is 2.69 bits per heavy atom. The zero-order valence-corrected chi connectivity index (χ0v) is 21.5. The quantitative estimate of drug-likeness (QED) is 0.370. The fourth-order valence-corrected chi connectivity index (χ4v) is 6.74. The van der Waals surface area contributed by atoms with E-state index in [-0.39, 0.29) is 57.0 Å². The number of carbonyl (C=O) groups excluding carboxylic acids is 2. The number of amides is 2. The van der Waals surface area contributed by atoms with Gasteiger partial charge in [0.2, 0.25) is 0 Å². The van der Waals surface area contributed by atoms with E-state index in [4.69, 9.17) is 5.73 Å². The summed E-state index contributed by atoms with van der Waals surface area (Å²) in [4.78, 5) is 28.9. The highest BCUT2D eigenvalue weighted by atomic mass is 32.1. The number of halogens is 3. The van der Waals surface area contributed by atoms with Crippen LogP contribution in [0.1, 0.15) is 28.0 Å². The maximum Gasteiger partial charge on any atom is 0.282 e. The Hall–Kier alpha value is -4.37. The van der Waals surface area contributed by atoms with Gasteiger partial charge in [-0.2, -0.15) is 10.4 Å². The standard InChI is InChI=1S/C27H21F3N6O2S/c1-12(28)26(37)34-7-8-35-14(11-34)5-6-36-23-16(27(35)38)9-19(30)22(20(23)13(2)33-36)15-3-4-18(29)24-21(15)17(10-31)25(32)39-24/h3-4,9,14H,1,5-8,11,32H2,2H3/t14-/m0/s1. The summed E-state index contributed by atoms with van der Waals surface area (Å²) in [7, 11) is 0. The average Bonchev–Trinajstić information content (AvgIpc) is 3.42. The minimum atomic E-state index is -1.06. The molecule has 0 radical (unpaired) electrons. The van der Waals surface area contributed by atoms with Gasteiger partial charge in [0.05, 0.1) is 33.1 Å². The summed E-state index contributed by atoms with van der Waals surface area (Å²) in [5, 5.41) is 15.1. The largest absolute Gasteiger partial charge is 0.389 e. The van der Waals surface area contributed by atoms with Crippen molar-refractivity contribution >= 4 is 49.1 Å². The molecule has 0 bridgehead atoms. The van der Waals surface area contributed by atoms with Crippen LogP contribution in [0.2, 0.25) is 0 Å². The van der Waals surface area contributed by atoms with Crippen LogP contribution in [0.25, 0.3) is 32.1 Å². The molecule has 2 aliphatic rings. The smallest absolute Gasteiger partial charge is 0.282 e. The maximum absolute atomic E-state index is 16.1. The number of nitrogens with two attached hydrogens (primary N) is 1. The highest BCUT2D eigenvalue weighted by molar-refractivity contribution is 7.23. The third-order valence-corrected chi connectivity index (χ3v) is 8.54. The van der Waals surface area contributed by atoms with Crippen LogP contribution < -0.4 is 5.73 Å². The van der Waals surface area contributed by atoms with Gasteiger partial charge in [0, 0.05) is 42.5 Å². The normalized spacial score (nSPS) is 17.2. The number of fused-ring (bicyclic) bond motifs is 2. The van der Waals surface area contributed by atoms with Crippen LogP contribution in [0.15, 0.2) is 30.6 Å². The van der Waals surface area contributed by atoms with E-state index in [0.717, 1.165) is 17.4 Å². The van der Waals surface area contributed by atoms with E-state index in [9.17, 15) is 23.6 Å². The lowest BCUT2D eigenvalue weighted by molar-refractivity contribution is -0.131. The van der Waals surface area contributed by atoms with E-state index in [1.54, 1.807) is 16.5 Å². The molecule has 1 atom stereocenters. The molecule has 8 nitrogen and oxygen atoms in total. The first-order chi connectivity index (χ1) is 18.6. The summed E-state index contributed by atoms with van der Waals surface area (Å²) in [5.74, 6) is -3.60. The molecule has 2 aliphatic heterocycles. The van der Waals surface area contributed by atoms with Gasteiger partial charge in [-0.3, -0.25) is 14.3 Å². The number of piperazine rings is 1. The van der Waals surface area contributed by atoms with E-state index in [1.807, 2.05) is 6.07 Å². The van der Waals surface area contributed by atoms with Crippen LogP contribution in [0.4, 0.5) is 18.2 Å². The van der Waals surface area contributed by atoms with Gasteiger partial charge in [0.25, 0.3) is 11.8 Å². The number of aromatic nitrogens is 2. The molecule has 2 aromatic carbocycles. The summed E-state index contributed by atoms with van der Waals surface area (Å²) >= 11 is 0.920. The van der Waals surface area contributed by atoms with Crippen LogP contribution in [0.3, 0.4) is 0 Å². The van der Waals surface area contributed by atoms with Crippen LogP contribution in [-0.2, 0) is 11.3 Å². The highest BCUT2D eigenvalue weighted by Crippen LogP contribution is 2.45. The van der Waals surface area contributed by atoms with Gasteiger partial charge in [-0.05, 0) is 31.0 Å². The number of aryl methyl sites for hydroxylation is 2. The third kappa shape index (κ3) is 3.60. The molecular formula is C27H21F3N6O2S. The van der Waals surface area contributed by atoms with Gasteiger partial charge in [0.15, 0.2) is 5.83 Å². The summed E-state index contributed by atoms with van der Waals surface area (Å²) in [6, 6.07) is 5.36. The minimum Gasteiger partial charge on any atom is -0.389 e. The second kappa shape index (κ2) is 8.84. The Labute approximate surface area is 224 Å². The Morgan fingerprint density at radius 2 is 1.97 bits per heavy atom. The van der Waals surface area contributed by atoms with Crippen molar-refractivity contribution < 1.29 is 22.8 Å². The molecule has 2 N–H and O–H groups in total. The summed E-state index contributed by atoms with van der Waals surface area (Å²) in [5.41, 5.74) is 7.46. The molecule has 0 aliphatic carbocycles. The van der Waals surface area contributed by atoms with Crippen LogP contribution in [0, 0.1) is 29.9 Å². The van der Waals surface area contributed by atoms with Gasteiger partial charge in [-0.15, -0.1) is 11.3 Å². The fraction of sp³-hybridized carbons (Fsp3) is 0.259. The number of thiophene rings is 1. The van der Waals surface area contributed by atoms with Crippen molar-refractivity contribution in [3.8, 4) is 17.2 Å². The van der Waals surface area contributed by atoms with E-state index in [0.29, 0.717) is 29.6 Å². The van der Waals surface area contributed by atoms with Crippen LogP contribution >= 0.6 is 11.3 Å². The molecule has 4 heterocycles. The predicted octanol–water partition coefficient (Wildman–Crippen LogP) is 4.50. The van der Waals surface area contributed by atoms with E-state index in [2.05, 4.69) is 11.7 Å². The van der Waals surface area contributed by atoms with Gasteiger partial charge in [-0.25, -0.2) is 13.2 Å². The van der Waals surface area contributed by atoms with Gasteiger partial charge in [0.1, 0.15) is 22.7 Å². The zero-order chi connectivity index (χ0) is 27.7. The Bertz CT molecular complexity index is 1800. The number of carbonyl (C=O) groups is 2. The molecule has 0 unspecified atom stereocenters. The second-order valence-corrected chi connectivity index (χ2v) is 10.7. The van der Waals surface area contributed by atoms with Crippen molar-refractivity contribution in [1.29, 1.82) is 5.26 Å². The van der Waals surface area contributed by atoms with Crippen LogP contribution in [0.5, 0.6) is 0 Å². The molecule has 39 heavy (non-hydrogen) atoms. The summed E-state index contributed by atoms with van der Waals surface area (Å²) in [6.45, 7) is 5.52. The molecule has 2 amide bonds. The molecule has 1 fully saturated rings. The molecule has 6 rings (SSSR count). The van der Waals surface area contributed by atoms with E-state index >= 15 is 4.39 Å². The number of benzene rings is 2. The molecule has 198 valence electrons. The first kappa shape index (κ1) is 24.9. The first-order valence-electron chi connectivity index (χ1n) is 12.2. The molecule has 12 heteroatoms. The zero-order valence-electron chi connectivity index (χ0n) is 20.7. The molecular weight excluding hydrogens is 529 g/mol. The number of rotatable bonds is 2. The second-order valence-electron chi connectivity index (χ2n) is 9.66. The third-order valence-electron chi connectivity index (χ3n) is 7.51. The Balaban J connectivity index is 1.55. The average molecular weight is 551 g/mol. The van der Waals surface area contributed by atoms with E-state index in [1.165, 1.54) is 17.0 Å². The van der Waals surface area contributed by atoms with Crippen molar-refractivity contribution in [3.63, 3.8) is 0 Å². The molecule has 1 saturated heterocycles. The van der Waals surface area contributed by atoms with Crippen molar-refractivity contribution in [2.75, 3.05) is 25.4 Å². The van der Waals surface area contributed by atoms with Crippen molar-refractivity contribution in [2.45, 2.75) is 25.9 Å². The number of nitriles is 1. The van der Waals surface area contributed by atoms with Crippen molar-refractivity contribution in [2.24, 2.45) is 0 Å². The number of nitrogen functional groups attached to an aromatic ring is 1. The number of hydrogen-bond acceptors (Lipinski definition) is 6. The maximum atomic E-state index is 16.1. The SMILES string of the molecule is C=C(F)C(=O)N1CCN2C(=O)c3cc(F)c(-c4ccc(F)c5sc(N)c(C#N)c45)c4c(C)nn(c34)CC[C@H]2C1. The lowest BCUT2D eigenvalue weighted by atomic mass is 9.92. The number of anilines is 1. The molecule has 4 aromatic rings. The fourth-order valence-electron chi connectivity index (χ4n) is 5.79. The molecule has 2 aromatic heterocycles. The summed E-state index contributed by atoms with van der Waals surface area (Å²) < 4.78 is 46.1. The predicted molar refractivity (Wildman–Crippen MR) is 141 cm³/mol. The van der Waals surface area contributed by atoms with E-state index < -0.39 is 35.3 Å². The van der Waals surface area contributed by atoms with Crippen molar-refractivity contribution in [3.05, 3.63) is 59.1 Å². The lowest BCUT2D eigenvalue weighted by Crippen LogP contribution is -2.57. The summed E-state index contributed by atoms with van der Waals surface area (Å²) in [6.07, 6.45) is 0.428. The molecule has 0 saturated carbocycles. The first-order valence-corrected chi connectivity index (χ1v) is 13.0. The van der Waals surface area contributed by atoms with Gasteiger partial charge < -0.3 is 15.5 Å². The Kier molecular flexibility index (Phi) is 5.65. The Morgan fingerprint density at radius 1 is 1.21 bits per heavy atom. The lowest BCUT2D eigenvalue weighted by Gasteiger charge is -2.42. The topological polar surface area (TPSA) is 108 Å².